The number of anilines is 1. The Morgan fingerprint density at radius 1 is 1.20 bits per heavy atom. The third-order valence-electron chi connectivity index (χ3n) is 4.14. The Labute approximate surface area is 146 Å². The van der Waals surface area contributed by atoms with Gasteiger partial charge in [0.1, 0.15) is 0 Å². The van der Waals surface area contributed by atoms with Crippen molar-refractivity contribution in [3.8, 4) is 0 Å². The number of benzene rings is 1. The molecule has 0 spiro atoms. The number of esters is 1. The van der Waals surface area contributed by atoms with E-state index in [0.717, 1.165) is 23.2 Å². The molecule has 1 amide bonds. The molecule has 128 valence electrons. The molecule has 1 aliphatic rings. The molecule has 0 aliphatic heterocycles. The van der Waals surface area contributed by atoms with Crippen LogP contribution in [0.3, 0.4) is 0 Å². The van der Waals surface area contributed by atoms with Gasteiger partial charge in [-0.2, -0.15) is 0 Å². The number of nitrogens with zero attached hydrogens (tertiary/aromatic N) is 1. The van der Waals surface area contributed by atoms with Gasteiger partial charge in [0.05, 0.1) is 6.61 Å². The van der Waals surface area contributed by atoms with E-state index in [1.54, 1.807) is 25.4 Å². The van der Waals surface area contributed by atoms with Gasteiger partial charge in [0.15, 0.2) is 0 Å². The van der Waals surface area contributed by atoms with Crippen LogP contribution in [-0.2, 0) is 14.3 Å². The topological polar surface area (TPSA) is 68.3 Å². The van der Waals surface area contributed by atoms with Gasteiger partial charge in [0.2, 0.25) is 5.91 Å². The van der Waals surface area contributed by atoms with Crippen LogP contribution in [0.1, 0.15) is 30.4 Å². The van der Waals surface area contributed by atoms with E-state index in [-0.39, 0.29) is 23.7 Å². The van der Waals surface area contributed by atoms with Crippen LogP contribution in [-0.4, -0.2) is 23.5 Å². The number of aromatic nitrogens is 1. The smallest absolute Gasteiger partial charge is 0.330 e. The summed E-state index contributed by atoms with van der Waals surface area (Å²) in [5.74, 6) is -0.0204. The van der Waals surface area contributed by atoms with Crippen LogP contribution in [0.25, 0.3) is 6.08 Å². The Hall–Kier alpha value is -2.95. The minimum Gasteiger partial charge on any atom is -0.463 e. The van der Waals surface area contributed by atoms with Crippen molar-refractivity contribution in [1.82, 2.24) is 4.98 Å². The number of nitrogens with one attached hydrogen (secondary N) is 1. The zero-order valence-electron chi connectivity index (χ0n) is 14.0. The predicted molar refractivity (Wildman–Crippen MR) is 95.8 cm³/mol. The Kier molecular flexibility index (Phi) is 5.23. The highest BCUT2D eigenvalue weighted by Crippen LogP contribution is 2.47. The fraction of sp³-hybridized carbons (Fsp3) is 0.250. The molecular formula is C20H20N2O3. The number of pyridine rings is 1. The van der Waals surface area contributed by atoms with Gasteiger partial charge in [0, 0.05) is 30.1 Å². The lowest BCUT2D eigenvalue weighted by molar-refractivity contribution is -0.137. The molecule has 2 atom stereocenters. The number of carbonyl (C=O) groups excluding carboxylic acids is 2. The van der Waals surface area contributed by atoms with Crippen LogP contribution in [0, 0.1) is 5.92 Å². The molecule has 25 heavy (non-hydrogen) atoms. The van der Waals surface area contributed by atoms with E-state index in [0.29, 0.717) is 6.61 Å². The molecule has 0 bridgehead atoms. The number of amides is 1. The first-order chi connectivity index (χ1) is 12.2. The maximum Gasteiger partial charge on any atom is 0.330 e. The highest BCUT2D eigenvalue weighted by molar-refractivity contribution is 5.95. The molecule has 0 saturated heterocycles. The van der Waals surface area contributed by atoms with Gasteiger partial charge in [-0.3, -0.25) is 9.78 Å². The molecule has 2 aromatic rings. The van der Waals surface area contributed by atoms with Crippen molar-refractivity contribution >= 4 is 23.6 Å². The van der Waals surface area contributed by atoms with Crippen LogP contribution >= 0.6 is 0 Å². The first-order valence-electron chi connectivity index (χ1n) is 8.33. The summed E-state index contributed by atoms with van der Waals surface area (Å²) < 4.78 is 4.83. The van der Waals surface area contributed by atoms with E-state index in [1.807, 2.05) is 36.4 Å². The molecular weight excluding hydrogens is 316 g/mol. The number of hydrogen-bond donors (Lipinski definition) is 1. The molecule has 1 fully saturated rings. The Balaban J connectivity index is 1.54. The number of hydrogen-bond acceptors (Lipinski definition) is 4. The number of carbonyl (C=O) groups is 2. The fourth-order valence-electron chi connectivity index (χ4n) is 2.73. The number of ether oxygens (including phenoxy) is 1. The first kappa shape index (κ1) is 16.9. The Morgan fingerprint density at radius 3 is 2.60 bits per heavy atom. The van der Waals surface area contributed by atoms with Crippen molar-refractivity contribution in [3.05, 3.63) is 66.0 Å². The van der Waals surface area contributed by atoms with Gasteiger partial charge in [-0.15, -0.1) is 0 Å². The summed E-state index contributed by atoms with van der Waals surface area (Å²) in [6.07, 6.45) is 7.46. The molecule has 0 unspecified atom stereocenters. The molecule has 1 aromatic carbocycles. The SMILES string of the molecule is CCOC(=O)/C=C/c1ccc(NC(=O)[C@@H]2C[C@@H]2c2ccncc2)cc1. The summed E-state index contributed by atoms with van der Waals surface area (Å²) >= 11 is 0. The lowest BCUT2D eigenvalue weighted by Crippen LogP contribution is -2.14. The van der Waals surface area contributed by atoms with E-state index >= 15 is 0 Å². The second-order valence-corrected chi connectivity index (χ2v) is 5.93. The van der Waals surface area contributed by atoms with E-state index in [1.165, 1.54) is 6.08 Å². The van der Waals surface area contributed by atoms with Gasteiger partial charge < -0.3 is 10.1 Å². The van der Waals surface area contributed by atoms with Crippen LogP contribution in [0.2, 0.25) is 0 Å². The molecule has 5 nitrogen and oxygen atoms in total. The zero-order chi connectivity index (χ0) is 17.6. The van der Waals surface area contributed by atoms with Crippen molar-refractivity contribution in [2.75, 3.05) is 11.9 Å². The van der Waals surface area contributed by atoms with E-state index < -0.39 is 0 Å². The van der Waals surface area contributed by atoms with Crippen molar-refractivity contribution in [1.29, 1.82) is 0 Å². The standard InChI is InChI=1S/C20H20N2O3/c1-2-25-19(23)8-5-14-3-6-16(7-4-14)22-20(24)18-13-17(18)15-9-11-21-12-10-15/h3-12,17-18H,2,13H2,1H3,(H,22,24)/b8-5+/t17-,18-/m1/s1. The van der Waals surface area contributed by atoms with E-state index in [9.17, 15) is 9.59 Å². The molecule has 1 aliphatic carbocycles. The lowest BCUT2D eigenvalue weighted by Gasteiger charge is -2.05. The van der Waals surface area contributed by atoms with Crippen LogP contribution in [0.5, 0.6) is 0 Å². The zero-order valence-corrected chi connectivity index (χ0v) is 14.0. The van der Waals surface area contributed by atoms with Gasteiger partial charge in [-0.05, 0) is 60.7 Å². The summed E-state index contributed by atoms with van der Waals surface area (Å²) in [5, 5.41) is 2.95. The molecule has 0 radical (unpaired) electrons. The van der Waals surface area contributed by atoms with Crippen molar-refractivity contribution in [3.63, 3.8) is 0 Å². The normalized spacial score (nSPS) is 18.8. The largest absolute Gasteiger partial charge is 0.463 e. The molecule has 5 heteroatoms. The third kappa shape index (κ3) is 4.53. The summed E-state index contributed by atoms with van der Waals surface area (Å²) in [6.45, 7) is 2.12. The van der Waals surface area contributed by atoms with Gasteiger partial charge in [-0.25, -0.2) is 4.79 Å². The number of rotatable bonds is 6. The average Bonchev–Trinajstić information content (AvgIpc) is 3.43. The van der Waals surface area contributed by atoms with Crippen molar-refractivity contribution in [2.24, 2.45) is 5.92 Å². The monoisotopic (exact) mass is 336 g/mol. The summed E-state index contributed by atoms with van der Waals surface area (Å²) in [4.78, 5) is 27.6. The minimum absolute atomic E-state index is 0.0192. The predicted octanol–water partition coefficient (Wildman–Crippen LogP) is 3.40. The Morgan fingerprint density at radius 2 is 1.92 bits per heavy atom. The third-order valence-corrected chi connectivity index (χ3v) is 4.14. The highest BCUT2D eigenvalue weighted by Gasteiger charge is 2.43. The maximum atomic E-state index is 12.3. The second kappa shape index (κ2) is 7.75. The van der Waals surface area contributed by atoms with Gasteiger partial charge >= 0.3 is 5.97 Å². The van der Waals surface area contributed by atoms with Crippen molar-refractivity contribution in [2.45, 2.75) is 19.3 Å². The molecule has 1 heterocycles. The molecule has 1 saturated carbocycles. The van der Waals surface area contributed by atoms with Gasteiger partial charge in [0.25, 0.3) is 0 Å². The van der Waals surface area contributed by atoms with Crippen LogP contribution in [0.4, 0.5) is 5.69 Å². The highest BCUT2D eigenvalue weighted by atomic mass is 16.5. The fourth-order valence-corrected chi connectivity index (χ4v) is 2.73. The van der Waals surface area contributed by atoms with E-state index in [2.05, 4.69) is 10.3 Å². The summed E-state index contributed by atoms with van der Waals surface area (Å²) in [5.41, 5.74) is 2.78. The van der Waals surface area contributed by atoms with Crippen LogP contribution < -0.4 is 5.32 Å². The van der Waals surface area contributed by atoms with Crippen molar-refractivity contribution < 1.29 is 14.3 Å². The molecule has 1 aromatic heterocycles. The first-order valence-corrected chi connectivity index (χ1v) is 8.33. The minimum atomic E-state index is -0.365. The molecule has 1 N–H and O–H groups in total. The summed E-state index contributed by atoms with van der Waals surface area (Å²) in [7, 11) is 0. The summed E-state index contributed by atoms with van der Waals surface area (Å²) in [6, 6.07) is 11.3. The quantitative estimate of drug-likeness (QED) is 0.648. The molecule has 3 rings (SSSR count). The lowest BCUT2D eigenvalue weighted by atomic mass is 10.1. The van der Waals surface area contributed by atoms with Gasteiger partial charge in [-0.1, -0.05) is 12.1 Å². The second-order valence-electron chi connectivity index (χ2n) is 5.93. The maximum absolute atomic E-state index is 12.3. The average molecular weight is 336 g/mol. The van der Waals surface area contributed by atoms with Crippen LogP contribution in [0.15, 0.2) is 54.9 Å². The Bertz CT molecular complexity index is 769. The van der Waals surface area contributed by atoms with E-state index in [4.69, 9.17) is 4.74 Å².